The molecule has 2 N–H and O–H groups in total. The second-order valence-electron chi connectivity index (χ2n) is 3.01. The zero-order valence-corrected chi connectivity index (χ0v) is 8.37. The predicted molar refractivity (Wildman–Crippen MR) is 46.2 cm³/mol. The van der Waals surface area contributed by atoms with Crippen LogP contribution in [-0.4, -0.2) is 18.0 Å². The van der Waals surface area contributed by atoms with Crippen LogP contribution in [-0.2, 0) is 23.2 Å². The van der Waals surface area contributed by atoms with Gasteiger partial charge in [-0.15, -0.1) is 0 Å². The largest absolute Gasteiger partial charge is 0.811 e. The molecule has 1 heterocycles. The van der Waals surface area contributed by atoms with Crippen LogP contribution in [0.4, 0.5) is 0 Å². The third-order valence-corrected chi connectivity index (χ3v) is 2.44. The van der Waals surface area contributed by atoms with Crippen molar-refractivity contribution < 1.29 is 23.2 Å². The Balaban J connectivity index is 2.57. The Morgan fingerprint density at radius 1 is 1.29 bits per heavy atom. The molecule has 0 amide bonds. The van der Waals surface area contributed by atoms with E-state index in [0.717, 1.165) is 0 Å². The molecule has 7 heteroatoms. The minimum absolute atomic E-state index is 0.00137. The molecule has 0 radical (unpaired) electrons. The van der Waals surface area contributed by atoms with Gasteiger partial charge in [-0.1, -0.05) is 0 Å². The SMILES string of the molecule is NC1CCCC(=O)O[P+](=O)OC(=O)C1. The van der Waals surface area contributed by atoms with E-state index in [9.17, 15) is 14.2 Å². The van der Waals surface area contributed by atoms with Crippen LogP contribution >= 0.6 is 8.25 Å². The van der Waals surface area contributed by atoms with E-state index in [0.29, 0.717) is 12.8 Å². The molecular weight excluding hydrogens is 209 g/mol. The number of nitrogens with two attached hydrogens (primary N) is 1. The van der Waals surface area contributed by atoms with Gasteiger partial charge in [-0.2, -0.15) is 9.05 Å². The van der Waals surface area contributed by atoms with E-state index in [1.165, 1.54) is 0 Å². The molecule has 78 valence electrons. The van der Waals surface area contributed by atoms with Crippen molar-refractivity contribution in [3.05, 3.63) is 0 Å². The van der Waals surface area contributed by atoms with Crippen LogP contribution in [0.25, 0.3) is 0 Å². The molecule has 1 rings (SSSR count). The van der Waals surface area contributed by atoms with E-state index in [1.54, 1.807) is 0 Å². The molecule has 2 unspecified atom stereocenters. The average molecular weight is 220 g/mol. The van der Waals surface area contributed by atoms with E-state index in [4.69, 9.17) is 5.73 Å². The number of hydrogen-bond acceptors (Lipinski definition) is 6. The first kappa shape index (κ1) is 11.1. The van der Waals surface area contributed by atoms with Crippen molar-refractivity contribution in [2.45, 2.75) is 31.7 Å². The fourth-order valence-electron chi connectivity index (χ4n) is 1.09. The number of carbonyl (C=O) groups excluding carboxylic acids is 2. The first-order chi connectivity index (χ1) is 6.58. The monoisotopic (exact) mass is 220 g/mol. The number of carbonyl (C=O) groups is 2. The van der Waals surface area contributed by atoms with Gasteiger partial charge in [0.1, 0.15) is 0 Å². The molecule has 0 saturated carbocycles. The molecular formula is C7H11NO5P+. The highest BCUT2D eigenvalue weighted by Crippen LogP contribution is 2.27. The lowest BCUT2D eigenvalue weighted by molar-refractivity contribution is -0.138. The number of rotatable bonds is 0. The highest BCUT2D eigenvalue weighted by Gasteiger charge is 2.32. The first-order valence-electron chi connectivity index (χ1n) is 4.22. The zero-order chi connectivity index (χ0) is 10.6. The second-order valence-corrected chi connectivity index (χ2v) is 3.82. The Morgan fingerprint density at radius 2 is 1.93 bits per heavy atom. The first-order valence-corrected chi connectivity index (χ1v) is 5.32. The Hall–Kier alpha value is -1.00. The quantitative estimate of drug-likeness (QED) is 0.601. The van der Waals surface area contributed by atoms with E-state index < -0.39 is 20.2 Å². The summed E-state index contributed by atoms with van der Waals surface area (Å²) in [7, 11) is -2.67. The summed E-state index contributed by atoms with van der Waals surface area (Å²) in [5.74, 6) is -1.33. The van der Waals surface area contributed by atoms with Crippen molar-refractivity contribution in [2.24, 2.45) is 5.73 Å². The van der Waals surface area contributed by atoms with Gasteiger partial charge in [0.05, 0.1) is 12.8 Å². The van der Waals surface area contributed by atoms with Gasteiger partial charge in [-0.25, -0.2) is 9.59 Å². The van der Waals surface area contributed by atoms with Crippen molar-refractivity contribution in [1.82, 2.24) is 0 Å². The summed E-state index contributed by atoms with van der Waals surface area (Å²) in [6.07, 6.45) is 1.21. The normalized spacial score (nSPS) is 27.8. The maximum atomic E-state index is 11.0. The van der Waals surface area contributed by atoms with Crippen molar-refractivity contribution >= 4 is 20.2 Å². The standard InChI is InChI=1S/C7H11NO5P/c8-5-2-1-3-6(9)12-14(11)13-7(10)4-5/h5H,1-4,8H2/q+1. The fraction of sp³-hybridized carbons (Fsp3) is 0.714. The molecule has 0 aromatic heterocycles. The minimum atomic E-state index is -2.67. The van der Waals surface area contributed by atoms with Gasteiger partial charge in [0.25, 0.3) is 0 Å². The summed E-state index contributed by atoms with van der Waals surface area (Å²) < 4.78 is 19.5. The van der Waals surface area contributed by atoms with Gasteiger partial charge in [-0.3, -0.25) is 0 Å². The Labute approximate surface area is 81.7 Å². The summed E-state index contributed by atoms with van der Waals surface area (Å²) in [5, 5.41) is 0. The third-order valence-electron chi connectivity index (χ3n) is 1.74. The second kappa shape index (κ2) is 5.02. The van der Waals surface area contributed by atoms with Gasteiger partial charge in [0.2, 0.25) is 0 Å². The van der Waals surface area contributed by atoms with E-state index in [-0.39, 0.29) is 18.9 Å². The van der Waals surface area contributed by atoms with Gasteiger partial charge in [0.15, 0.2) is 0 Å². The molecule has 1 saturated heterocycles. The van der Waals surface area contributed by atoms with E-state index >= 15 is 0 Å². The van der Waals surface area contributed by atoms with E-state index in [1.807, 2.05) is 0 Å². The topological polar surface area (TPSA) is 95.7 Å². The van der Waals surface area contributed by atoms with Crippen LogP contribution < -0.4 is 5.73 Å². The molecule has 0 spiro atoms. The Kier molecular flexibility index (Phi) is 3.98. The van der Waals surface area contributed by atoms with Crippen LogP contribution in [0.3, 0.4) is 0 Å². The van der Waals surface area contributed by atoms with Crippen LogP contribution in [0.1, 0.15) is 25.7 Å². The molecule has 0 bridgehead atoms. The summed E-state index contributed by atoms with van der Waals surface area (Å²) in [6.45, 7) is 0. The average Bonchev–Trinajstić information content (AvgIpc) is 2.01. The predicted octanol–water partition coefficient (Wildman–Crippen LogP) is 0.631. The van der Waals surface area contributed by atoms with Gasteiger partial charge in [0, 0.05) is 10.6 Å². The van der Waals surface area contributed by atoms with Crippen molar-refractivity contribution in [3.63, 3.8) is 0 Å². The molecule has 1 aliphatic heterocycles. The Bertz CT molecular complexity index is 267. The lowest BCUT2D eigenvalue weighted by atomic mass is 10.1. The third kappa shape index (κ3) is 3.81. The van der Waals surface area contributed by atoms with Crippen LogP contribution in [0.15, 0.2) is 0 Å². The lowest BCUT2D eigenvalue weighted by Gasteiger charge is -2.07. The summed E-state index contributed by atoms with van der Waals surface area (Å²) in [5.41, 5.74) is 5.56. The summed E-state index contributed by atoms with van der Waals surface area (Å²) >= 11 is 0. The molecule has 1 fully saturated rings. The lowest BCUT2D eigenvalue weighted by Crippen LogP contribution is -2.25. The minimum Gasteiger partial charge on any atom is -0.327 e. The maximum Gasteiger partial charge on any atom is 0.811 e. The molecule has 0 aliphatic carbocycles. The smallest absolute Gasteiger partial charge is 0.327 e. The highest BCUT2D eigenvalue weighted by atomic mass is 31.1. The van der Waals surface area contributed by atoms with Crippen LogP contribution in [0.5, 0.6) is 0 Å². The number of hydrogen-bond donors (Lipinski definition) is 1. The molecule has 6 nitrogen and oxygen atoms in total. The van der Waals surface area contributed by atoms with Gasteiger partial charge < -0.3 is 5.73 Å². The van der Waals surface area contributed by atoms with Crippen molar-refractivity contribution in [3.8, 4) is 0 Å². The summed E-state index contributed by atoms with van der Waals surface area (Å²) in [4.78, 5) is 21.8. The zero-order valence-electron chi connectivity index (χ0n) is 7.47. The molecule has 0 aromatic carbocycles. The molecule has 0 aromatic rings. The highest BCUT2D eigenvalue weighted by molar-refractivity contribution is 7.34. The van der Waals surface area contributed by atoms with Crippen LogP contribution in [0.2, 0.25) is 0 Å². The van der Waals surface area contributed by atoms with Crippen LogP contribution in [0, 0.1) is 0 Å². The Morgan fingerprint density at radius 3 is 2.64 bits per heavy atom. The molecule has 14 heavy (non-hydrogen) atoms. The molecule has 2 atom stereocenters. The van der Waals surface area contributed by atoms with Gasteiger partial charge >= 0.3 is 20.2 Å². The van der Waals surface area contributed by atoms with Crippen molar-refractivity contribution in [2.75, 3.05) is 0 Å². The van der Waals surface area contributed by atoms with Crippen molar-refractivity contribution in [1.29, 1.82) is 0 Å². The summed E-state index contributed by atoms with van der Waals surface area (Å²) in [6, 6.07) is -0.350. The fourth-order valence-corrected chi connectivity index (χ4v) is 1.63. The van der Waals surface area contributed by atoms with Gasteiger partial charge in [-0.05, 0) is 12.8 Å². The molecule has 1 aliphatic rings. The maximum absolute atomic E-state index is 11.0. The van der Waals surface area contributed by atoms with E-state index in [2.05, 4.69) is 9.05 Å².